The Kier molecular flexibility index (Phi) is 5.56. The maximum atomic E-state index is 11.5. The third kappa shape index (κ3) is 4.02. The van der Waals surface area contributed by atoms with Crippen LogP contribution in [0.25, 0.3) is 0 Å². The lowest BCUT2D eigenvalue weighted by Crippen LogP contribution is -2.29. The molecule has 0 atom stereocenters. The van der Waals surface area contributed by atoms with Crippen LogP contribution in [0, 0.1) is 0 Å². The van der Waals surface area contributed by atoms with Crippen molar-refractivity contribution in [1.82, 2.24) is 20.2 Å². The van der Waals surface area contributed by atoms with Crippen LogP contribution in [-0.2, 0) is 17.9 Å². The molecule has 0 radical (unpaired) electrons. The van der Waals surface area contributed by atoms with E-state index < -0.39 is 0 Å². The fraction of sp³-hybridized carbons (Fsp3) is 0.636. The second kappa shape index (κ2) is 7.00. The molecule has 0 saturated carbocycles. The number of aromatic nitrogens is 2. The van der Waals surface area contributed by atoms with E-state index in [1.807, 2.05) is 11.5 Å². The van der Waals surface area contributed by atoms with Gasteiger partial charge >= 0.3 is 0 Å². The largest absolute Gasteiger partial charge is 0.355 e. The molecule has 0 aliphatic carbocycles. The van der Waals surface area contributed by atoms with Crippen molar-refractivity contribution in [3.8, 4) is 0 Å². The number of amides is 1. The summed E-state index contributed by atoms with van der Waals surface area (Å²) in [6.45, 7) is 6.82. The van der Waals surface area contributed by atoms with Gasteiger partial charge in [0.05, 0.1) is 12.0 Å². The van der Waals surface area contributed by atoms with Crippen LogP contribution in [0.15, 0.2) is 12.5 Å². The lowest BCUT2D eigenvalue weighted by Gasteiger charge is -2.08. The second-order valence-corrected chi connectivity index (χ2v) is 3.64. The summed E-state index contributed by atoms with van der Waals surface area (Å²) in [5.41, 5.74) is 1.04. The zero-order valence-electron chi connectivity index (χ0n) is 9.99. The molecule has 0 aliphatic heterocycles. The lowest BCUT2D eigenvalue weighted by molar-refractivity contribution is -0.121. The van der Waals surface area contributed by atoms with E-state index in [0.29, 0.717) is 6.54 Å². The van der Waals surface area contributed by atoms with Gasteiger partial charge in [0.25, 0.3) is 0 Å². The van der Waals surface area contributed by atoms with Crippen LogP contribution in [0.3, 0.4) is 0 Å². The zero-order valence-corrected chi connectivity index (χ0v) is 9.99. The van der Waals surface area contributed by atoms with Crippen molar-refractivity contribution in [2.75, 3.05) is 13.1 Å². The molecule has 1 aromatic heterocycles. The number of carbonyl (C=O) groups excluding carboxylic acids is 1. The minimum Gasteiger partial charge on any atom is -0.355 e. The van der Waals surface area contributed by atoms with E-state index in [1.54, 1.807) is 12.5 Å². The fourth-order valence-corrected chi connectivity index (χ4v) is 1.37. The summed E-state index contributed by atoms with van der Waals surface area (Å²) in [4.78, 5) is 15.6. The number of nitrogens with zero attached hydrogens (tertiary/aromatic N) is 2. The standard InChI is InChI=1S/C11H20N4O/c1-3-5-14-11(16)8-15-9-13-7-10(15)6-12-4-2/h7,9,12H,3-6,8H2,1-2H3,(H,14,16). The number of carbonyl (C=O) groups is 1. The molecule has 0 aliphatic rings. The third-order valence-corrected chi connectivity index (χ3v) is 2.24. The van der Waals surface area contributed by atoms with Crippen LogP contribution < -0.4 is 10.6 Å². The van der Waals surface area contributed by atoms with Gasteiger partial charge in [-0.1, -0.05) is 13.8 Å². The van der Waals surface area contributed by atoms with Gasteiger partial charge in [0.15, 0.2) is 0 Å². The van der Waals surface area contributed by atoms with Crippen molar-refractivity contribution in [3.05, 3.63) is 18.2 Å². The molecule has 1 heterocycles. The molecule has 90 valence electrons. The normalized spacial score (nSPS) is 10.4. The minimum absolute atomic E-state index is 0.0394. The molecule has 16 heavy (non-hydrogen) atoms. The highest BCUT2D eigenvalue weighted by molar-refractivity contribution is 5.75. The summed E-state index contributed by atoms with van der Waals surface area (Å²) in [6, 6.07) is 0. The average Bonchev–Trinajstić information content (AvgIpc) is 2.71. The average molecular weight is 224 g/mol. The van der Waals surface area contributed by atoms with Crippen LogP contribution in [-0.4, -0.2) is 28.5 Å². The van der Waals surface area contributed by atoms with E-state index in [4.69, 9.17) is 0 Å². The molecule has 1 rings (SSSR count). The number of nitrogens with one attached hydrogen (secondary N) is 2. The fourth-order valence-electron chi connectivity index (χ4n) is 1.37. The summed E-state index contributed by atoms with van der Waals surface area (Å²) in [7, 11) is 0. The van der Waals surface area contributed by atoms with Crippen LogP contribution >= 0.6 is 0 Å². The Morgan fingerprint density at radius 1 is 1.50 bits per heavy atom. The number of hydrogen-bond acceptors (Lipinski definition) is 3. The van der Waals surface area contributed by atoms with Crippen molar-refractivity contribution in [2.45, 2.75) is 33.4 Å². The minimum atomic E-state index is 0.0394. The highest BCUT2D eigenvalue weighted by Crippen LogP contribution is 1.98. The molecule has 5 heteroatoms. The molecule has 0 bridgehead atoms. The predicted octanol–water partition coefficient (Wildman–Crippen LogP) is 0.519. The molecule has 0 aromatic carbocycles. The van der Waals surface area contributed by atoms with E-state index >= 15 is 0 Å². The molecule has 2 N–H and O–H groups in total. The van der Waals surface area contributed by atoms with Crippen LogP contribution in [0.2, 0.25) is 0 Å². The smallest absolute Gasteiger partial charge is 0.239 e. The van der Waals surface area contributed by atoms with Gasteiger partial charge in [0.1, 0.15) is 6.54 Å². The predicted molar refractivity (Wildman–Crippen MR) is 62.9 cm³/mol. The Hall–Kier alpha value is -1.36. The van der Waals surface area contributed by atoms with Crippen molar-refractivity contribution >= 4 is 5.91 Å². The highest BCUT2D eigenvalue weighted by atomic mass is 16.1. The SMILES string of the molecule is CCCNC(=O)Cn1cncc1CNCC. The Labute approximate surface area is 96.3 Å². The first-order chi connectivity index (χ1) is 7.77. The summed E-state index contributed by atoms with van der Waals surface area (Å²) in [6.07, 6.45) is 4.44. The molecule has 0 saturated heterocycles. The number of hydrogen-bond donors (Lipinski definition) is 2. The molecular weight excluding hydrogens is 204 g/mol. The lowest BCUT2D eigenvalue weighted by atomic mass is 10.4. The summed E-state index contributed by atoms with van der Waals surface area (Å²) >= 11 is 0. The molecular formula is C11H20N4O. The summed E-state index contributed by atoms with van der Waals surface area (Å²) in [5.74, 6) is 0.0394. The quantitative estimate of drug-likeness (QED) is 0.710. The van der Waals surface area contributed by atoms with Gasteiger partial charge in [-0.15, -0.1) is 0 Å². The summed E-state index contributed by atoms with van der Waals surface area (Å²) in [5, 5.41) is 6.06. The molecule has 0 unspecified atom stereocenters. The Balaban J connectivity index is 2.46. The zero-order chi connectivity index (χ0) is 11.8. The van der Waals surface area contributed by atoms with Gasteiger partial charge in [-0.25, -0.2) is 4.98 Å². The third-order valence-electron chi connectivity index (χ3n) is 2.24. The first-order valence-corrected chi connectivity index (χ1v) is 5.74. The van der Waals surface area contributed by atoms with Crippen LogP contribution in [0.5, 0.6) is 0 Å². The van der Waals surface area contributed by atoms with E-state index in [1.165, 1.54) is 0 Å². The van der Waals surface area contributed by atoms with Gasteiger partial charge < -0.3 is 15.2 Å². The maximum Gasteiger partial charge on any atom is 0.239 e. The van der Waals surface area contributed by atoms with E-state index in [2.05, 4.69) is 22.5 Å². The first kappa shape index (κ1) is 12.7. The molecule has 1 amide bonds. The monoisotopic (exact) mass is 224 g/mol. The molecule has 0 spiro atoms. The first-order valence-electron chi connectivity index (χ1n) is 5.74. The van der Waals surface area contributed by atoms with Crippen LogP contribution in [0.4, 0.5) is 0 Å². The van der Waals surface area contributed by atoms with Gasteiger partial charge in [-0.2, -0.15) is 0 Å². The summed E-state index contributed by atoms with van der Waals surface area (Å²) < 4.78 is 1.87. The highest BCUT2D eigenvalue weighted by Gasteiger charge is 2.05. The van der Waals surface area contributed by atoms with Crippen molar-refractivity contribution < 1.29 is 4.79 Å². The van der Waals surface area contributed by atoms with Crippen molar-refractivity contribution in [3.63, 3.8) is 0 Å². The van der Waals surface area contributed by atoms with Gasteiger partial charge in [0, 0.05) is 19.3 Å². The van der Waals surface area contributed by atoms with E-state index in [0.717, 1.165) is 31.7 Å². The molecule has 0 fully saturated rings. The topological polar surface area (TPSA) is 59.0 Å². The van der Waals surface area contributed by atoms with Gasteiger partial charge in [-0.3, -0.25) is 4.79 Å². The Morgan fingerprint density at radius 3 is 3.00 bits per heavy atom. The van der Waals surface area contributed by atoms with Gasteiger partial charge in [-0.05, 0) is 13.0 Å². The van der Waals surface area contributed by atoms with Gasteiger partial charge in [0.2, 0.25) is 5.91 Å². The van der Waals surface area contributed by atoms with Crippen LogP contribution in [0.1, 0.15) is 26.0 Å². The second-order valence-electron chi connectivity index (χ2n) is 3.64. The molecule has 1 aromatic rings. The molecule has 5 nitrogen and oxygen atoms in total. The van der Waals surface area contributed by atoms with Crippen molar-refractivity contribution in [2.24, 2.45) is 0 Å². The van der Waals surface area contributed by atoms with E-state index in [-0.39, 0.29) is 5.91 Å². The Morgan fingerprint density at radius 2 is 2.31 bits per heavy atom. The maximum absolute atomic E-state index is 11.5. The Bertz CT molecular complexity index is 322. The number of imidazole rings is 1. The van der Waals surface area contributed by atoms with E-state index in [9.17, 15) is 4.79 Å². The van der Waals surface area contributed by atoms with Crippen molar-refractivity contribution in [1.29, 1.82) is 0 Å². The number of rotatable bonds is 7.